The average Bonchev–Trinajstić information content (AvgIpc) is 3.35. The van der Waals surface area contributed by atoms with Crippen LogP contribution in [0.25, 0.3) is 16.7 Å². The number of hydrogen-bond acceptors (Lipinski definition) is 5. The third kappa shape index (κ3) is 2.44. The molecule has 0 radical (unpaired) electrons. The van der Waals surface area contributed by atoms with Gasteiger partial charge in [0.2, 0.25) is 0 Å². The van der Waals surface area contributed by atoms with Crippen LogP contribution in [0, 0.1) is 0 Å². The van der Waals surface area contributed by atoms with Crippen molar-refractivity contribution in [3.8, 4) is 0 Å². The van der Waals surface area contributed by atoms with Crippen molar-refractivity contribution in [3.05, 3.63) is 60.4 Å². The number of carbonyl (C=O) groups excluding carboxylic acids is 1. The summed E-state index contributed by atoms with van der Waals surface area (Å²) in [5.41, 5.74) is 2.54. The molecular weight excluding hydrogens is 330 g/mol. The Labute approximate surface area is 149 Å². The van der Waals surface area contributed by atoms with E-state index in [0.717, 1.165) is 36.0 Å². The highest BCUT2D eigenvalue weighted by molar-refractivity contribution is 5.97. The zero-order valence-corrected chi connectivity index (χ0v) is 14.1. The highest BCUT2D eigenvalue weighted by atomic mass is 16.3. The van der Waals surface area contributed by atoms with Crippen molar-refractivity contribution in [2.45, 2.75) is 18.8 Å². The molecule has 1 saturated heterocycles. The van der Waals surface area contributed by atoms with Crippen molar-refractivity contribution >= 4 is 22.7 Å². The summed E-state index contributed by atoms with van der Waals surface area (Å²) in [5, 5.41) is 5.23. The Morgan fingerprint density at radius 2 is 2.15 bits per heavy atom. The average molecular weight is 347 g/mol. The monoisotopic (exact) mass is 347 g/mol. The van der Waals surface area contributed by atoms with Gasteiger partial charge >= 0.3 is 0 Å². The predicted octanol–water partition coefficient (Wildman–Crippen LogP) is 2.89. The number of nitrogens with zero attached hydrogens (tertiary/aromatic N) is 5. The fourth-order valence-electron chi connectivity index (χ4n) is 3.75. The Morgan fingerprint density at radius 1 is 1.19 bits per heavy atom. The Balaban J connectivity index is 1.43. The minimum atomic E-state index is 0.0571. The van der Waals surface area contributed by atoms with E-state index in [9.17, 15) is 4.79 Å². The molecule has 3 aromatic heterocycles. The smallest absolute Gasteiger partial charge is 0.253 e. The first-order valence-corrected chi connectivity index (χ1v) is 8.71. The first-order valence-electron chi connectivity index (χ1n) is 8.71. The second-order valence-electron chi connectivity index (χ2n) is 6.61. The van der Waals surface area contributed by atoms with Crippen molar-refractivity contribution in [3.63, 3.8) is 0 Å². The van der Waals surface area contributed by atoms with Gasteiger partial charge in [-0.3, -0.25) is 4.79 Å². The summed E-state index contributed by atoms with van der Waals surface area (Å²) in [6.45, 7) is 1.44. The summed E-state index contributed by atoms with van der Waals surface area (Å²) < 4.78 is 7.13. The second kappa shape index (κ2) is 5.94. The lowest BCUT2D eigenvalue weighted by atomic mass is 9.94. The summed E-state index contributed by atoms with van der Waals surface area (Å²) in [7, 11) is 0. The molecule has 1 amide bonds. The van der Waals surface area contributed by atoms with Crippen LogP contribution in [0.2, 0.25) is 0 Å². The van der Waals surface area contributed by atoms with Crippen LogP contribution < -0.4 is 0 Å². The van der Waals surface area contributed by atoms with Crippen LogP contribution in [0.4, 0.5) is 0 Å². The van der Waals surface area contributed by atoms with Crippen LogP contribution in [0.1, 0.15) is 34.8 Å². The summed E-state index contributed by atoms with van der Waals surface area (Å²) in [6.07, 6.45) is 6.89. The number of amides is 1. The lowest BCUT2D eigenvalue weighted by Gasteiger charge is -2.33. The summed E-state index contributed by atoms with van der Waals surface area (Å²) in [6, 6.07) is 9.43. The van der Waals surface area contributed by atoms with Gasteiger partial charge in [0, 0.05) is 36.2 Å². The molecule has 0 bridgehead atoms. The molecule has 1 unspecified atom stereocenters. The number of piperidine rings is 1. The van der Waals surface area contributed by atoms with Gasteiger partial charge in [-0.05, 0) is 43.2 Å². The molecule has 7 heteroatoms. The van der Waals surface area contributed by atoms with Gasteiger partial charge in [-0.1, -0.05) is 0 Å². The maximum absolute atomic E-state index is 13.0. The molecule has 0 N–H and O–H groups in total. The van der Waals surface area contributed by atoms with Crippen molar-refractivity contribution in [1.29, 1.82) is 0 Å². The summed E-state index contributed by atoms with van der Waals surface area (Å²) in [4.78, 5) is 23.3. The van der Waals surface area contributed by atoms with E-state index in [-0.39, 0.29) is 11.8 Å². The number of benzene rings is 1. The van der Waals surface area contributed by atoms with Crippen molar-refractivity contribution in [2.75, 3.05) is 13.1 Å². The van der Waals surface area contributed by atoms with Crippen molar-refractivity contribution < 1.29 is 9.21 Å². The lowest BCUT2D eigenvalue weighted by molar-refractivity contribution is 0.0705. The lowest BCUT2D eigenvalue weighted by Crippen LogP contribution is -2.39. The molecule has 1 fully saturated rings. The first-order chi connectivity index (χ1) is 12.8. The molecule has 0 saturated carbocycles. The number of hydrogen-bond donors (Lipinski definition) is 0. The first kappa shape index (κ1) is 15.1. The van der Waals surface area contributed by atoms with E-state index < -0.39 is 0 Å². The molecule has 5 rings (SSSR count). The van der Waals surface area contributed by atoms with Gasteiger partial charge in [-0.2, -0.15) is 10.1 Å². The Kier molecular flexibility index (Phi) is 3.44. The zero-order chi connectivity index (χ0) is 17.5. The second-order valence-corrected chi connectivity index (χ2v) is 6.61. The van der Waals surface area contributed by atoms with E-state index in [2.05, 4.69) is 15.1 Å². The Hall–Kier alpha value is -3.22. The van der Waals surface area contributed by atoms with Crippen molar-refractivity contribution in [2.24, 2.45) is 0 Å². The van der Waals surface area contributed by atoms with Gasteiger partial charge in [0.05, 0.1) is 12.0 Å². The minimum Gasteiger partial charge on any atom is -0.464 e. The van der Waals surface area contributed by atoms with Crippen LogP contribution in [-0.4, -0.2) is 43.5 Å². The normalized spacial score (nSPS) is 17.8. The van der Waals surface area contributed by atoms with Crippen molar-refractivity contribution in [1.82, 2.24) is 24.5 Å². The fourth-order valence-corrected chi connectivity index (χ4v) is 3.75. The molecule has 4 heterocycles. The Morgan fingerprint density at radius 3 is 3.12 bits per heavy atom. The van der Waals surface area contributed by atoms with E-state index >= 15 is 0 Å². The maximum Gasteiger partial charge on any atom is 0.253 e. The van der Waals surface area contributed by atoms with Gasteiger partial charge in [0.25, 0.3) is 11.7 Å². The van der Waals surface area contributed by atoms with E-state index in [4.69, 9.17) is 4.42 Å². The number of aromatic nitrogens is 4. The molecule has 0 spiro atoms. The van der Waals surface area contributed by atoms with Crippen LogP contribution in [-0.2, 0) is 0 Å². The molecular formula is C19H17N5O2. The van der Waals surface area contributed by atoms with Gasteiger partial charge in [-0.25, -0.2) is 9.50 Å². The summed E-state index contributed by atoms with van der Waals surface area (Å²) >= 11 is 0. The quantitative estimate of drug-likeness (QED) is 0.557. The molecule has 1 aromatic carbocycles. The number of rotatable bonds is 2. The largest absolute Gasteiger partial charge is 0.464 e. The molecule has 7 nitrogen and oxygen atoms in total. The van der Waals surface area contributed by atoms with Gasteiger partial charge in [-0.15, -0.1) is 0 Å². The number of fused-ring (bicyclic) bond motifs is 2. The number of likely N-dealkylation sites (tertiary alicyclic amines) is 1. The topological polar surface area (TPSA) is 76.5 Å². The SMILES string of the molecule is O=C(c1ccc2occc2c1)N1CCCC(c2ccnc3ncnn23)C1. The molecule has 4 aromatic rings. The maximum atomic E-state index is 13.0. The standard InChI is InChI=1S/C19H17N5O2/c25-18(14-3-4-17-13(10-14)6-9-26-17)23-8-1-2-15(11-23)16-5-7-20-19-21-12-22-24(16)19/h3-7,9-10,12,15H,1-2,8,11H2. The van der Waals surface area contributed by atoms with Gasteiger partial charge in [0.1, 0.15) is 11.9 Å². The molecule has 1 aliphatic rings. The predicted molar refractivity (Wildman–Crippen MR) is 94.9 cm³/mol. The highest BCUT2D eigenvalue weighted by Gasteiger charge is 2.27. The van der Waals surface area contributed by atoms with Crippen LogP contribution in [0.5, 0.6) is 0 Å². The molecule has 0 aliphatic carbocycles. The number of furan rings is 1. The van der Waals surface area contributed by atoms with E-state index in [0.29, 0.717) is 17.9 Å². The van der Waals surface area contributed by atoms with Crippen LogP contribution in [0.15, 0.2) is 53.5 Å². The third-order valence-corrected chi connectivity index (χ3v) is 5.04. The Bertz CT molecular complexity index is 1100. The van der Waals surface area contributed by atoms with Gasteiger partial charge in [0.15, 0.2) is 0 Å². The van der Waals surface area contributed by atoms with E-state index in [1.165, 1.54) is 6.33 Å². The third-order valence-electron chi connectivity index (χ3n) is 5.04. The molecule has 1 atom stereocenters. The van der Waals surface area contributed by atoms with E-state index in [1.807, 2.05) is 35.2 Å². The summed E-state index contributed by atoms with van der Waals surface area (Å²) in [5.74, 6) is 0.871. The van der Waals surface area contributed by atoms with Crippen LogP contribution >= 0.6 is 0 Å². The molecule has 130 valence electrons. The highest BCUT2D eigenvalue weighted by Crippen LogP contribution is 2.28. The van der Waals surface area contributed by atoms with Crippen LogP contribution in [0.3, 0.4) is 0 Å². The molecule has 1 aliphatic heterocycles. The zero-order valence-electron chi connectivity index (χ0n) is 14.1. The van der Waals surface area contributed by atoms with E-state index in [1.54, 1.807) is 17.0 Å². The molecule has 26 heavy (non-hydrogen) atoms. The number of carbonyl (C=O) groups is 1. The minimum absolute atomic E-state index is 0.0571. The fraction of sp³-hybridized carbons (Fsp3) is 0.263. The van der Waals surface area contributed by atoms with Gasteiger partial charge < -0.3 is 9.32 Å².